The molecular weight excluding hydrogens is 238 g/mol. The molecule has 0 fully saturated rings. The first-order chi connectivity index (χ1) is 7.43. The molecule has 0 spiro atoms. The summed E-state index contributed by atoms with van der Waals surface area (Å²) >= 11 is 5.28. The average Bonchev–Trinajstić information content (AvgIpc) is 2.14. The maximum absolute atomic E-state index is 10.9. The summed E-state index contributed by atoms with van der Waals surface area (Å²) in [6.45, 7) is 3.01. The molecular formula is C9H14ClNO5. The van der Waals surface area contributed by atoms with Gasteiger partial charge in [0.1, 0.15) is 13.2 Å². The van der Waals surface area contributed by atoms with Gasteiger partial charge in [0.15, 0.2) is 0 Å². The summed E-state index contributed by atoms with van der Waals surface area (Å²) in [4.78, 5) is 33.1. The SMILES string of the molecule is CC(=O)OCCN(CCOC(C)=O)C(=O)Cl. The monoisotopic (exact) mass is 251 g/mol. The second-order valence-electron chi connectivity index (χ2n) is 2.92. The highest BCUT2D eigenvalue weighted by Crippen LogP contribution is 1.97. The van der Waals surface area contributed by atoms with E-state index in [1.54, 1.807) is 0 Å². The predicted octanol–water partition coefficient (Wildman–Crippen LogP) is 0.773. The maximum atomic E-state index is 10.9. The zero-order valence-corrected chi connectivity index (χ0v) is 9.95. The number of carbonyl (C=O) groups excluding carboxylic acids is 3. The van der Waals surface area contributed by atoms with Crippen LogP contribution in [-0.4, -0.2) is 48.5 Å². The summed E-state index contributed by atoms with van der Waals surface area (Å²) in [5, 5.41) is -0.681. The van der Waals surface area contributed by atoms with E-state index in [0.717, 1.165) is 0 Å². The standard InChI is InChI=1S/C9H14ClNO5/c1-7(12)15-5-3-11(9(10)14)4-6-16-8(2)13/h3-6H2,1-2H3. The first-order valence-electron chi connectivity index (χ1n) is 4.64. The van der Waals surface area contributed by atoms with Crippen molar-refractivity contribution in [2.75, 3.05) is 26.3 Å². The molecule has 0 N–H and O–H groups in total. The molecule has 0 aliphatic rings. The maximum Gasteiger partial charge on any atom is 0.316 e. The van der Waals surface area contributed by atoms with Crippen LogP contribution in [0, 0.1) is 0 Å². The summed E-state index contributed by atoms with van der Waals surface area (Å²) in [5.74, 6) is -0.857. The van der Waals surface area contributed by atoms with Gasteiger partial charge < -0.3 is 14.4 Å². The van der Waals surface area contributed by atoms with Gasteiger partial charge in [-0.3, -0.25) is 14.4 Å². The smallest absolute Gasteiger partial charge is 0.316 e. The lowest BCUT2D eigenvalue weighted by Gasteiger charge is -2.18. The number of esters is 2. The molecule has 0 bridgehead atoms. The Hall–Kier alpha value is -1.30. The zero-order chi connectivity index (χ0) is 12.6. The number of ether oxygens (including phenoxy) is 2. The summed E-state index contributed by atoms with van der Waals surface area (Å²) in [5.41, 5.74) is 0. The van der Waals surface area contributed by atoms with Crippen molar-refractivity contribution in [2.45, 2.75) is 13.8 Å². The predicted molar refractivity (Wildman–Crippen MR) is 56.1 cm³/mol. The molecule has 0 saturated heterocycles. The Morgan fingerprint density at radius 1 is 1.00 bits per heavy atom. The van der Waals surface area contributed by atoms with E-state index < -0.39 is 17.3 Å². The van der Waals surface area contributed by atoms with Gasteiger partial charge in [0.05, 0.1) is 13.1 Å². The molecule has 0 aliphatic carbocycles. The molecule has 0 radical (unpaired) electrons. The molecule has 0 unspecified atom stereocenters. The van der Waals surface area contributed by atoms with Gasteiger partial charge in [-0.15, -0.1) is 0 Å². The summed E-state index contributed by atoms with van der Waals surface area (Å²) in [6, 6.07) is 0. The molecule has 1 amide bonds. The number of rotatable bonds is 6. The Kier molecular flexibility index (Phi) is 7.28. The fraction of sp³-hybridized carbons (Fsp3) is 0.667. The molecule has 0 heterocycles. The van der Waals surface area contributed by atoms with Gasteiger partial charge in [-0.2, -0.15) is 0 Å². The van der Waals surface area contributed by atoms with Gasteiger partial charge in [-0.05, 0) is 11.6 Å². The zero-order valence-electron chi connectivity index (χ0n) is 9.19. The molecule has 92 valence electrons. The van der Waals surface area contributed by atoms with Gasteiger partial charge in [0.2, 0.25) is 0 Å². The Morgan fingerprint density at radius 3 is 1.62 bits per heavy atom. The molecule has 0 rings (SSSR count). The van der Waals surface area contributed by atoms with Crippen molar-refractivity contribution >= 4 is 28.9 Å². The van der Waals surface area contributed by atoms with Crippen LogP contribution in [-0.2, 0) is 19.1 Å². The Labute approximate surface area is 98.4 Å². The van der Waals surface area contributed by atoms with E-state index in [2.05, 4.69) is 9.47 Å². The molecule has 16 heavy (non-hydrogen) atoms. The normalized spacial score (nSPS) is 9.44. The Bertz CT molecular complexity index is 249. The third-order valence-corrected chi connectivity index (χ3v) is 1.82. The molecule has 6 nitrogen and oxygen atoms in total. The van der Waals surface area contributed by atoms with Gasteiger partial charge in [-0.25, -0.2) is 0 Å². The molecule has 0 aliphatic heterocycles. The van der Waals surface area contributed by atoms with Crippen LogP contribution in [0.4, 0.5) is 4.79 Å². The van der Waals surface area contributed by atoms with E-state index in [4.69, 9.17) is 11.6 Å². The number of halogens is 1. The van der Waals surface area contributed by atoms with Crippen LogP contribution in [0.25, 0.3) is 0 Å². The number of amides is 1. The second-order valence-corrected chi connectivity index (χ2v) is 3.24. The topological polar surface area (TPSA) is 72.9 Å². The lowest BCUT2D eigenvalue weighted by Crippen LogP contribution is -2.33. The quantitative estimate of drug-likeness (QED) is 0.396. The first-order valence-corrected chi connectivity index (χ1v) is 5.02. The van der Waals surface area contributed by atoms with E-state index in [0.29, 0.717) is 0 Å². The molecule has 0 aromatic rings. The van der Waals surface area contributed by atoms with E-state index in [1.165, 1.54) is 18.7 Å². The van der Waals surface area contributed by atoms with Crippen LogP contribution in [0.1, 0.15) is 13.8 Å². The first kappa shape index (κ1) is 14.7. The van der Waals surface area contributed by atoms with Crippen molar-refractivity contribution in [2.24, 2.45) is 0 Å². The van der Waals surface area contributed by atoms with Crippen LogP contribution in [0.3, 0.4) is 0 Å². The number of nitrogens with zero attached hydrogens (tertiary/aromatic N) is 1. The molecule has 7 heteroatoms. The van der Waals surface area contributed by atoms with Crippen molar-refractivity contribution in [3.05, 3.63) is 0 Å². The van der Waals surface area contributed by atoms with Gasteiger partial charge in [0, 0.05) is 13.8 Å². The molecule has 0 aromatic carbocycles. The van der Waals surface area contributed by atoms with Crippen molar-refractivity contribution in [3.63, 3.8) is 0 Å². The minimum absolute atomic E-state index is 0.0634. The van der Waals surface area contributed by atoms with Crippen LogP contribution >= 0.6 is 11.6 Å². The molecule has 0 saturated carbocycles. The van der Waals surface area contributed by atoms with Crippen LogP contribution in [0.5, 0.6) is 0 Å². The highest BCUT2D eigenvalue weighted by atomic mass is 35.5. The number of hydrogen-bond acceptors (Lipinski definition) is 5. The van der Waals surface area contributed by atoms with E-state index in [1.807, 2.05) is 0 Å². The van der Waals surface area contributed by atoms with E-state index in [9.17, 15) is 14.4 Å². The summed E-state index contributed by atoms with van der Waals surface area (Å²) in [6.07, 6.45) is 0. The second kappa shape index (κ2) is 7.92. The fourth-order valence-electron chi connectivity index (χ4n) is 0.887. The summed E-state index contributed by atoms with van der Waals surface area (Å²) < 4.78 is 9.30. The minimum atomic E-state index is -0.681. The number of hydrogen-bond donors (Lipinski definition) is 0. The van der Waals surface area contributed by atoms with Gasteiger partial charge in [-0.1, -0.05) is 0 Å². The Balaban J connectivity index is 3.84. The number of carbonyl (C=O) groups is 3. The minimum Gasteiger partial charge on any atom is -0.464 e. The lowest BCUT2D eigenvalue weighted by molar-refractivity contribution is -0.141. The van der Waals surface area contributed by atoms with Crippen LogP contribution in [0.2, 0.25) is 0 Å². The highest BCUT2D eigenvalue weighted by molar-refractivity contribution is 6.62. The molecule has 0 atom stereocenters. The average molecular weight is 252 g/mol. The Morgan fingerprint density at radius 2 is 1.38 bits per heavy atom. The van der Waals surface area contributed by atoms with E-state index in [-0.39, 0.29) is 26.3 Å². The molecule has 0 aromatic heterocycles. The lowest BCUT2D eigenvalue weighted by atomic mass is 10.5. The van der Waals surface area contributed by atoms with Crippen molar-refractivity contribution in [3.8, 4) is 0 Å². The summed E-state index contributed by atoms with van der Waals surface area (Å²) in [7, 11) is 0. The van der Waals surface area contributed by atoms with Gasteiger partial charge in [0.25, 0.3) is 0 Å². The third kappa shape index (κ3) is 8.05. The van der Waals surface area contributed by atoms with E-state index >= 15 is 0 Å². The van der Waals surface area contributed by atoms with Crippen molar-refractivity contribution < 1.29 is 23.9 Å². The highest BCUT2D eigenvalue weighted by Gasteiger charge is 2.11. The van der Waals surface area contributed by atoms with Crippen molar-refractivity contribution in [1.29, 1.82) is 0 Å². The van der Waals surface area contributed by atoms with Crippen LogP contribution in [0.15, 0.2) is 0 Å². The van der Waals surface area contributed by atoms with Crippen molar-refractivity contribution in [1.82, 2.24) is 4.90 Å². The third-order valence-electron chi connectivity index (χ3n) is 1.58. The largest absolute Gasteiger partial charge is 0.464 e. The fourth-order valence-corrected chi connectivity index (χ4v) is 1.06. The van der Waals surface area contributed by atoms with Crippen LogP contribution < -0.4 is 0 Å². The van der Waals surface area contributed by atoms with Gasteiger partial charge >= 0.3 is 17.3 Å².